The van der Waals surface area contributed by atoms with Crippen molar-refractivity contribution in [3.63, 3.8) is 0 Å². The highest BCUT2D eigenvalue weighted by molar-refractivity contribution is 5.99. The summed E-state index contributed by atoms with van der Waals surface area (Å²) >= 11 is 0. The number of hydrogen-bond donors (Lipinski definition) is 2. The van der Waals surface area contributed by atoms with Crippen LogP contribution < -0.4 is 10.9 Å². The minimum atomic E-state index is -0.497. The van der Waals surface area contributed by atoms with E-state index in [1.165, 1.54) is 24.2 Å². The molecule has 2 aromatic rings. The standard InChI is InChI=1S/C17H19N3O3/c1-11-6-4-8-14(12(11)2)19-15(21)10-20(3)17(23)13-7-5-9-18-16(13)22/h4-9H,10H2,1-3H3,(H,18,22)(H,19,21). The number of amides is 2. The topological polar surface area (TPSA) is 82.3 Å². The van der Waals surface area contributed by atoms with Gasteiger partial charge in [-0.15, -0.1) is 0 Å². The van der Waals surface area contributed by atoms with Crippen LogP contribution in [0.3, 0.4) is 0 Å². The van der Waals surface area contributed by atoms with E-state index in [1.54, 1.807) is 6.07 Å². The van der Waals surface area contributed by atoms with Gasteiger partial charge in [0.2, 0.25) is 5.91 Å². The number of aromatic amines is 1. The minimum absolute atomic E-state index is 0.00883. The molecular weight excluding hydrogens is 294 g/mol. The van der Waals surface area contributed by atoms with Crippen LogP contribution in [0.1, 0.15) is 21.5 Å². The second kappa shape index (κ2) is 6.91. The van der Waals surface area contributed by atoms with E-state index in [4.69, 9.17) is 0 Å². The molecule has 0 atom stereocenters. The highest BCUT2D eigenvalue weighted by Crippen LogP contribution is 2.17. The van der Waals surface area contributed by atoms with Gasteiger partial charge in [-0.2, -0.15) is 0 Å². The molecule has 120 valence electrons. The van der Waals surface area contributed by atoms with Crippen LogP contribution in [0.15, 0.2) is 41.3 Å². The molecule has 0 unspecified atom stereocenters. The highest BCUT2D eigenvalue weighted by Gasteiger charge is 2.17. The number of nitrogens with one attached hydrogen (secondary N) is 2. The van der Waals surface area contributed by atoms with Crippen LogP contribution in [0, 0.1) is 13.8 Å². The molecule has 6 nitrogen and oxygen atoms in total. The first kappa shape index (κ1) is 16.5. The molecule has 0 fully saturated rings. The predicted molar refractivity (Wildman–Crippen MR) is 88.6 cm³/mol. The third-order valence-electron chi connectivity index (χ3n) is 3.65. The second-order valence-corrected chi connectivity index (χ2v) is 5.37. The van der Waals surface area contributed by atoms with Crippen molar-refractivity contribution >= 4 is 17.5 Å². The monoisotopic (exact) mass is 313 g/mol. The van der Waals surface area contributed by atoms with Gasteiger partial charge in [0, 0.05) is 18.9 Å². The molecule has 1 heterocycles. The molecule has 2 amide bonds. The Morgan fingerprint density at radius 3 is 2.61 bits per heavy atom. The number of aryl methyl sites for hydroxylation is 1. The maximum absolute atomic E-state index is 12.2. The number of aromatic nitrogens is 1. The van der Waals surface area contributed by atoms with Crippen LogP contribution in [-0.2, 0) is 4.79 Å². The normalized spacial score (nSPS) is 10.2. The summed E-state index contributed by atoms with van der Waals surface area (Å²) in [6.45, 7) is 3.74. The minimum Gasteiger partial charge on any atom is -0.332 e. The quantitative estimate of drug-likeness (QED) is 0.901. The summed E-state index contributed by atoms with van der Waals surface area (Å²) in [6, 6.07) is 8.63. The molecule has 0 aliphatic rings. The molecular formula is C17H19N3O3. The lowest BCUT2D eigenvalue weighted by Gasteiger charge is -2.17. The van der Waals surface area contributed by atoms with E-state index in [0.717, 1.165) is 11.1 Å². The molecule has 1 aromatic carbocycles. The van der Waals surface area contributed by atoms with Crippen molar-refractivity contribution in [3.8, 4) is 0 Å². The maximum Gasteiger partial charge on any atom is 0.260 e. The van der Waals surface area contributed by atoms with E-state index < -0.39 is 11.5 Å². The number of carbonyl (C=O) groups excluding carboxylic acids is 2. The molecule has 2 N–H and O–H groups in total. The van der Waals surface area contributed by atoms with Gasteiger partial charge in [-0.3, -0.25) is 14.4 Å². The van der Waals surface area contributed by atoms with Gasteiger partial charge in [-0.05, 0) is 43.2 Å². The first-order valence-corrected chi connectivity index (χ1v) is 7.19. The van der Waals surface area contributed by atoms with Crippen molar-refractivity contribution in [2.45, 2.75) is 13.8 Å². The molecule has 0 saturated carbocycles. The number of benzene rings is 1. The number of H-pyrrole nitrogens is 1. The zero-order valence-electron chi connectivity index (χ0n) is 13.3. The van der Waals surface area contributed by atoms with Gasteiger partial charge in [-0.25, -0.2) is 0 Å². The van der Waals surface area contributed by atoms with Crippen molar-refractivity contribution in [2.24, 2.45) is 0 Å². The lowest BCUT2D eigenvalue weighted by atomic mass is 10.1. The average Bonchev–Trinajstić information content (AvgIpc) is 2.51. The van der Waals surface area contributed by atoms with Crippen LogP contribution >= 0.6 is 0 Å². The van der Waals surface area contributed by atoms with E-state index in [-0.39, 0.29) is 18.0 Å². The van der Waals surface area contributed by atoms with Crippen molar-refractivity contribution in [1.82, 2.24) is 9.88 Å². The number of likely N-dealkylation sites (N-methyl/N-ethyl adjacent to an activating group) is 1. The van der Waals surface area contributed by atoms with E-state index >= 15 is 0 Å². The molecule has 0 bridgehead atoms. The van der Waals surface area contributed by atoms with Crippen molar-refractivity contribution in [3.05, 3.63) is 63.6 Å². The Kier molecular flexibility index (Phi) is 4.95. The molecule has 0 aliphatic carbocycles. The van der Waals surface area contributed by atoms with Crippen LogP contribution in [0.25, 0.3) is 0 Å². The summed E-state index contributed by atoms with van der Waals surface area (Å²) < 4.78 is 0. The summed E-state index contributed by atoms with van der Waals surface area (Å²) in [5.74, 6) is -0.815. The number of pyridine rings is 1. The zero-order chi connectivity index (χ0) is 17.0. The van der Waals surface area contributed by atoms with Crippen molar-refractivity contribution < 1.29 is 9.59 Å². The zero-order valence-corrected chi connectivity index (χ0v) is 13.3. The van der Waals surface area contributed by atoms with E-state index in [0.29, 0.717) is 5.69 Å². The van der Waals surface area contributed by atoms with Gasteiger partial charge in [0.1, 0.15) is 5.56 Å². The number of anilines is 1. The molecule has 23 heavy (non-hydrogen) atoms. The molecule has 1 aromatic heterocycles. The van der Waals surface area contributed by atoms with E-state index in [9.17, 15) is 14.4 Å². The van der Waals surface area contributed by atoms with Crippen LogP contribution in [0.2, 0.25) is 0 Å². The third kappa shape index (κ3) is 3.85. The average molecular weight is 313 g/mol. The summed E-state index contributed by atoms with van der Waals surface area (Å²) in [4.78, 5) is 39.6. The van der Waals surface area contributed by atoms with Crippen LogP contribution in [0.5, 0.6) is 0 Å². The largest absolute Gasteiger partial charge is 0.332 e. The Labute approximate surface area is 134 Å². The highest BCUT2D eigenvalue weighted by atomic mass is 16.2. The Morgan fingerprint density at radius 2 is 1.91 bits per heavy atom. The van der Waals surface area contributed by atoms with Gasteiger partial charge in [0.15, 0.2) is 0 Å². The SMILES string of the molecule is Cc1cccc(NC(=O)CN(C)C(=O)c2ccc[nH]c2=O)c1C. The molecule has 0 aliphatic heterocycles. The first-order chi connectivity index (χ1) is 10.9. The van der Waals surface area contributed by atoms with Crippen LogP contribution in [-0.4, -0.2) is 35.3 Å². The summed E-state index contributed by atoms with van der Waals surface area (Å²) in [5, 5.41) is 2.78. The Morgan fingerprint density at radius 1 is 1.17 bits per heavy atom. The fourth-order valence-electron chi connectivity index (χ4n) is 2.16. The molecule has 6 heteroatoms. The molecule has 0 radical (unpaired) electrons. The lowest BCUT2D eigenvalue weighted by Crippen LogP contribution is -2.37. The van der Waals surface area contributed by atoms with Gasteiger partial charge in [0.25, 0.3) is 11.5 Å². The van der Waals surface area contributed by atoms with E-state index in [2.05, 4.69) is 10.3 Å². The smallest absolute Gasteiger partial charge is 0.260 e. The first-order valence-electron chi connectivity index (χ1n) is 7.19. The van der Waals surface area contributed by atoms with Gasteiger partial charge in [-0.1, -0.05) is 12.1 Å². The second-order valence-electron chi connectivity index (χ2n) is 5.37. The third-order valence-corrected chi connectivity index (χ3v) is 3.65. The van der Waals surface area contributed by atoms with E-state index in [1.807, 2.05) is 32.0 Å². The Balaban J connectivity index is 2.05. The van der Waals surface area contributed by atoms with Gasteiger partial charge in [0.05, 0.1) is 6.54 Å². The van der Waals surface area contributed by atoms with Crippen molar-refractivity contribution in [2.75, 3.05) is 18.9 Å². The summed E-state index contributed by atoms with van der Waals surface area (Å²) in [6.07, 6.45) is 1.45. The molecule has 0 spiro atoms. The number of hydrogen-bond acceptors (Lipinski definition) is 3. The summed E-state index contributed by atoms with van der Waals surface area (Å²) in [7, 11) is 1.48. The summed E-state index contributed by atoms with van der Waals surface area (Å²) in [5.41, 5.74) is 2.31. The van der Waals surface area contributed by atoms with Gasteiger partial charge >= 0.3 is 0 Å². The van der Waals surface area contributed by atoms with Crippen LogP contribution in [0.4, 0.5) is 5.69 Å². The number of carbonyl (C=O) groups is 2. The molecule has 2 rings (SSSR count). The van der Waals surface area contributed by atoms with Crippen molar-refractivity contribution in [1.29, 1.82) is 0 Å². The molecule has 0 saturated heterocycles. The van der Waals surface area contributed by atoms with Gasteiger partial charge < -0.3 is 15.2 Å². The number of rotatable bonds is 4. The lowest BCUT2D eigenvalue weighted by molar-refractivity contribution is -0.116. The Bertz CT molecular complexity index is 796. The number of nitrogens with zero attached hydrogens (tertiary/aromatic N) is 1. The fraction of sp³-hybridized carbons (Fsp3) is 0.235. The maximum atomic E-state index is 12.2. The predicted octanol–water partition coefficient (Wildman–Crippen LogP) is 1.70. The Hall–Kier alpha value is -2.89. The fourth-order valence-corrected chi connectivity index (χ4v) is 2.16.